The molecule has 0 aliphatic heterocycles. The molecule has 7 nitrogen and oxygen atoms in total. The fourth-order valence-electron chi connectivity index (χ4n) is 2.51. The van der Waals surface area contributed by atoms with Crippen LogP contribution in [0.1, 0.15) is 21.9 Å². The van der Waals surface area contributed by atoms with Crippen LogP contribution in [0.15, 0.2) is 34.9 Å². The van der Waals surface area contributed by atoms with Crippen molar-refractivity contribution < 1.29 is 14.4 Å². The highest BCUT2D eigenvalue weighted by molar-refractivity contribution is 6.30. The zero-order valence-corrected chi connectivity index (χ0v) is 15.0. The summed E-state index contributed by atoms with van der Waals surface area (Å²) in [5.74, 6) is 0.519. The monoisotopic (exact) mass is 372 g/mol. The van der Waals surface area contributed by atoms with Crippen LogP contribution in [0.4, 0.5) is 0 Å². The molecule has 1 amide bonds. The zero-order chi connectivity index (χ0) is 18.7. The summed E-state index contributed by atoms with van der Waals surface area (Å²) < 4.78 is 5.20. The van der Waals surface area contributed by atoms with Gasteiger partial charge in [0.15, 0.2) is 5.82 Å². The average Bonchev–Trinajstić information content (AvgIpc) is 2.98. The first-order chi connectivity index (χ1) is 12.5. The summed E-state index contributed by atoms with van der Waals surface area (Å²) in [4.78, 5) is 21.3. The van der Waals surface area contributed by atoms with Crippen LogP contribution in [0.2, 0.25) is 5.02 Å². The molecular formula is C18H17ClN4O3. The second-order valence-electron chi connectivity index (χ2n) is 5.65. The Balaban J connectivity index is 2.13. The average molecular weight is 373 g/mol. The predicted octanol–water partition coefficient (Wildman–Crippen LogP) is 2.79. The molecule has 3 aromatic rings. The lowest BCUT2D eigenvalue weighted by Crippen LogP contribution is -2.27. The molecule has 0 saturated carbocycles. The van der Waals surface area contributed by atoms with Gasteiger partial charge in [0.1, 0.15) is 11.5 Å². The Morgan fingerprint density at radius 2 is 1.96 bits per heavy atom. The van der Waals surface area contributed by atoms with Crippen molar-refractivity contribution in [2.75, 3.05) is 13.2 Å². The minimum Gasteiger partial charge on any atom is -0.395 e. The third-order valence-corrected chi connectivity index (χ3v) is 4.01. The molecule has 2 aromatic heterocycles. The number of aryl methyl sites for hydroxylation is 2. The number of aliphatic hydroxyl groups is 1. The minimum atomic E-state index is -0.398. The second kappa shape index (κ2) is 7.63. The van der Waals surface area contributed by atoms with E-state index in [2.05, 4.69) is 20.4 Å². The van der Waals surface area contributed by atoms with Crippen molar-refractivity contribution in [2.45, 2.75) is 13.8 Å². The molecule has 0 spiro atoms. The number of nitrogens with zero attached hydrogens (tertiary/aromatic N) is 3. The molecule has 0 fully saturated rings. The number of aliphatic hydroxyl groups excluding tert-OH is 1. The van der Waals surface area contributed by atoms with Gasteiger partial charge < -0.3 is 14.9 Å². The van der Waals surface area contributed by atoms with Gasteiger partial charge >= 0.3 is 0 Å². The summed E-state index contributed by atoms with van der Waals surface area (Å²) in [6, 6.07) is 8.73. The van der Waals surface area contributed by atoms with E-state index in [1.165, 1.54) is 0 Å². The van der Waals surface area contributed by atoms with Gasteiger partial charge in [-0.25, -0.2) is 9.97 Å². The molecule has 26 heavy (non-hydrogen) atoms. The Hall–Kier alpha value is -2.77. The quantitative estimate of drug-likeness (QED) is 0.714. The van der Waals surface area contributed by atoms with Crippen LogP contribution in [-0.4, -0.2) is 39.3 Å². The summed E-state index contributed by atoms with van der Waals surface area (Å²) >= 11 is 5.95. The summed E-state index contributed by atoms with van der Waals surface area (Å²) in [6.07, 6.45) is 0. The molecule has 2 N–H and O–H groups in total. The number of nitrogens with one attached hydrogen (secondary N) is 1. The van der Waals surface area contributed by atoms with Crippen LogP contribution < -0.4 is 5.32 Å². The van der Waals surface area contributed by atoms with Crippen LogP contribution in [0.5, 0.6) is 0 Å². The van der Waals surface area contributed by atoms with Crippen molar-refractivity contribution in [1.29, 1.82) is 0 Å². The summed E-state index contributed by atoms with van der Waals surface area (Å²) in [5, 5.41) is 16.0. The highest BCUT2D eigenvalue weighted by atomic mass is 35.5. The molecule has 0 unspecified atom stereocenters. The Kier molecular flexibility index (Phi) is 5.29. The molecule has 0 radical (unpaired) electrons. The number of hydrogen-bond donors (Lipinski definition) is 2. The number of benzene rings is 1. The number of amides is 1. The highest BCUT2D eigenvalue weighted by Gasteiger charge is 2.19. The largest absolute Gasteiger partial charge is 0.395 e. The maximum Gasteiger partial charge on any atom is 0.270 e. The van der Waals surface area contributed by atoms with Crippen molar-refractivity contribution in [2.24, 2.45) is 0 Å². The van der Waals surface area contributed by atoms with Gasteiger partial charge in [0, 0.05) is 17.1 Å². The van der Waals surface area contributed by atoms with Crippen molar-refractivity contribution in [3.63, 3.8) is 0 Å². The van der Waals surface area contributed by atoms with E-state index in [-0.39, 0.29) is 18.8 Å². The van der Waals surface area contributed by atoms with Crippen molar-refractivity contribution >= 4 is 17.5 Å². The lowest BCUT2D eigenvalue weighted by Gasteiger charge is -2.09. The van der Waals surface area contributed by atoms with Gasteiger partial charge in [0.05, 0.1) is 23.6 Å². The topological polar surface area (TPSA) is 101 Å². The van der Waals surface area contributed by atoms with Crippen molar-refractivity contribution in [3.8, 4) is 22.6 Å². The van der Waals surface area contributed by atoms with Crippen molar-refractivity contribution in [3.05, 3.63) is 52.5 Å². The second-order valence-corrected chi connectivity index (χ2v) is 6.08. The third-order valence-electron chi connectivity index (χ3n) is 3.75. The number of carbonyl (C=O) groups excluding carboxylic acids is 1. The van der Waals surface area contributed by atoms with Gasteiger partial charge in [0.25, 0.3) is 5.91 Å². The first-order valence-corrected chi connectivity index (χ1v) is 8.34. The van der Waals surface area contributed by atoms with Gasteiger partial charge in [-0.15, -0.1) is 0 Å². The van der Waals surface area contributed by atoms with E-state index in [1.807, 2.05) is 12.1 Å². The Bertz CT molecular complexity index is 919. The molecule has 2 heterocycles. The van der Waals surface area contributed by atoms with Crippen LogP contribution >= 0.6 is 11.6 Å². The number of rotatable bonds is 5. The normalized spacial score (nSPS) is 10.8. The Labute approximate surface area is 155 Å². The first kappa shape index (κ1) is 18.0. The summed E-state index contributed by atoms with van der Waals surface area (Å²) in [7, 11) is 0. The predicted molar refractivity (Wildman–Crippen MR) is 96.9 cm³/mol. The smallest absolute Gasteiger partial charge is 0.270 e. The highest BCUT2D eigenvalue weighted by Crippen LogP contribution is 2.27. The molecule has 0 aliphatic rings. The zero-order valence-electron chi connectivity index (χ0n) is 14.3. The van der Waals surface area contributed by atoms with E-state index in [1.54, 1.807) is 32.0 Å². The number of halogens is 1. The molecule has 1 aromatic carbocycles. The van der Waals surface area contributed by atoms with E-state index in [4.69, 9.17) is 21.2 Å². The van der Waals surface area contributed by atoms with Gasteiger partial charge in [0.2, 0.25) is 0 Å². The van der Waals surface area contributed by atoms with Crippen LogP contribution in [0, 0.1) is 13.8 Å². The molecule has 8 heteroatoms. The molecule has 3 rings (SSSR count). The Morgan fingerprint density at radius 1 is 1.23 bits per heavy atom. The van der Waals surface area contributed by atoms with Crippen LogP contribution in [0.3, 0.4) is 0 Å². The van der Waals surface area contributed by atoms with E-state index in [9.17, 15) is 4.79 Å². The van der Waals surface area contributed by atoms with Crippen LogP contribution in [0.25, 0.3) is 22.6 Å². The fraction of sp³-hybridized carbons (Fsp3) is 0.222. The maximum absolute atomic E-state index is 12.4. The maximum atomic E-state index is 12.4. The summed E-state index contributed by atoms with van der Waals surface area (Å²) in [6.45, 7) is 3.53. The number of hydrogen-bond acceptors (Lipinski definition) is 6. The molecular weight excluding hydrogens is 356 g/mol. The number of aromatic nitrogens is 3. The van der Waals surface area contributed by atoms with Gasteiger partial charge in [-0.1, -0.05) is 28.9 Å². The Morgan fingerprint density at radius 3 is 2.58 bits per heavy atom. The van der Waals surface area contributed by atoms with Gasteiger partial charge in [-0.3, -0.25) is 4.79 Å². The van der Waals surface area contributed by atoms with Crippen molar-refractivity contribution in [1.82, 2.24) is 20.4 Å². The van der Waals surface area contributed by atoms with E-state index in [0.717, 1.165) is 5.56 Å². The summed E-state index contributed by atoms with van der Waals surface area (Å²) in [5.41, 5.74) is 2.84. The van der Waals surface area contributed by atoms with E-state index in [0.29, 0.717) is 33.6 Å². The van der Waals surface area contributed by atoms with E-state index < -0.39 is 5.91 Å². The number of carbonyl (C=O) groups is 1. The van der Waals surface area contributed by atoms with Gasteiger partial charge in [-0.2, -0.15) is 0 Å². The molecule has 0 bridgehead atoms. The molecule has 134 valence electrons. The third kappa shape index (κ3) is 3.74. The van der Waals surface area contributed by atoms with E-state index >= 15 is 0 Å². The van der Waals surface area contributed by atoms with Crippen LogP contribution in [-0.2, 0) is 0 Å². The SMILES string of the molecule is Cc1noc(C)c1-c1nc(C(=O)NCCO)cc(-c2ccc(Cl)cc2)n1. The fourth-order valence-corrected chi connectivity index (χ4v) is 2.63. The molecule has 0 aliphatic carbocycles. The first-order valence-electron chi connectivity index (χ1n) is 7.97. The minimum absolute atomic E-state index is 0.139. The molecule has 0 saturated heterocycles. The molecule has 0 atom stereocenters. The lowest BCUT2D eigenvalue weighted by molar-refractivity contribution is 0.0940. The lowest BCUT2D eigenvalue weighted by atomic mass is 10.1. The standard InChI is InChI=1S/C18H17ClN4O3/c1-10-16(11(2)26-23-10)17-21-14(12-3-5-13(19)6-4-12)9-15(22-17)18(25)20-7-8-24/h3-6,9,24H,7-8H2,1-2H3,(H,20,25). The van der Waals surface area contributed by atoms with Gasteiger partial charge in [-0.05, 0) is 32.0 Å².